The molecular weight excluding hydrogens is 375 g/mol. The summed E-state index contributed by atoms with van der Waals surface area (Å²) in [5.74, 6) is -1.62. The van der Waals surface area contributed by atoms with Gasteiger partial charge in [0.25, 0.3) is 0 Å². The van der Waals surface area contributed by atoms with Crippen molar-refractivity contribution in [2.75, 3.05) is 17.6 Å². The monoisotopic (exact) mass is 394 g/mol. The zero-order valence-corrected chi connectivity index (χ0v) is 15.5. The number of benzene rings is 1. The second kappa shape index (κ2) is 7.51. The summed E-state index contributed by atoms with van der Waals surface area (Å²) in [5, 5.41) is 2.53. The second-order valence-electron chi connectivity index (χ2n) is 6.29. The van der Waals surface area contributed by atoms with E-state index in [0.29, 0.717) is 5.76 Å². The molecule has 2 heterocycles. The molecule has 0 saturated carbocycles. The molecule has 0 radical (unpaired) electrons. The number of carbonyl (C=O) groups excluding carboxylic acids is 2. The van der Waals surface area contributed by atoms with Crippen molar-refractivity contribution in [1.29, 1.82) is 0 Å². The molecule has 0 bridgehead atoms. The van der Waals surface area contributed by atoms with Crippen LogP contribution in [0.4, 0.5) is 10.1 Å². The fourth-order valence-electron chi connectivity index (χ4n) is 2.94. The molecule has 7 nitrogen and oxygen atoms in total. The van der Waals surface area contributed by atoms with E-state index in [1.165, 1.54) is 24.2 Å². The molecule has 1 aliphatic heterocycles. The van der Waals surface area contributed by atoms with Gasteiger partial charge in [0, 0.05) is 13.0 Å². The van der Waals surface area contributed by atoms with Crippen LogP contribution < -0.4 is 5.32 Å². The fraction of sp³-hybridized carbons (Fsp3) is 0.333. The number of halogens is 1. The molecule has 27 heavy (non-hydrogen) atoms. The van der Waals surface area contributed by atoms with E-state index in [9.17, 15) is 22.4 Å². The summed E-state index contributed by atoms with van der Waals surface area (Å²) in [6, 6.07) is 6.63. The third kappa shape index (κ3) is 4.19. The number of hydrogen-bond acceptors (Lipinski definition) is 5. The highest BCUT2D eigenvalue weighted by Gasteiger charge is 2.35. The molecule has 144 valence electrons. The zero-order chi connectivity index (χ0) is 19.6. The number of amides is 2. The maximum absolute atomic E-state index is 13.5. The maximum Gasteiger partial charge on any atom is 0.229 e. The van der Waals surface area contributed by atoms with Crippen LogP contribution in [0.5, 0.6) is 0 Å². The van der Waals surface area contributed by atoms with Crippen LogP contribution >= 0.6 is 0 Å². The van der Waals surface area contributed by atoms with Crippen molar-refractivity contribution in [3.8, 4) is 0 Å². The number of rotatable bonds is 6. The molecule has 2 amide bonds. The Kier molecular flexibility index (Phi) is 5.31. The number of likely N-dealkylation sites (tertiary alicyclic amines) is 1. The van der Waals surface area contributed by atoms with Gasteiger partial charge in [-0.15, -0.1) is 0 Å². The topological polar surface area (TPSA) is 96.7 Å². The van der Waals surface area contributed by atoms with Crippen LogP contribution in [0.15, 0.2) is 45.9 Å². The number of sulfone groups is 1. The summed E-state index contributed by atoms with van der Waals surface area (Å²) in [7, 11) is -3.72. The van der Waals surface area contributed by atoms with Gasteiger partial charge in [-0.2, -0.15) is 0 Å². The van der Waals surface area contributed by atoms with Gasteiger partial charge in [-0.3, -0.25) is 9.59 Å². The Balaban J connectivity index is 1.74. The smallest absolute Gasteiger partial charge is 0.229 e. The van der Waals surface area contributed by atoms with E-state index in [1.807, 2.05) is 0 Å². The summed E-state index contributed by atoms with van der Waals surface area (Å²) in [5.41, 5.74) is 0.0141. The molecule has 1 fully saturated rings. The van der Waals surface area contributed by atoms with Crippen LogP contribution in [0.1, 0.15) is 19.1 Å². The van der Waals surface area contributed by atoms with Crippen molar-refractivity contribution < 1.29 is 26.8 Å². The molecule has 1 N–H and O–H groups in total. The standard InChI is InChI=1S/C18H19FN2O5S/c1-2-27(24,25)16-9-13(19)5-6-15(16)20-18(23)12-8-17(22)21(10-12)11-14-4-3-7-26-14/h3-7,9,12H,2,8,10-11H2,1H3,(H,20,23)/t12-/m0/s1. The Hall–Kier alpha value is -2.68. The zero-order valence-electron chi connectivity index (χ0n) is 14.6. The Morgan fingerprint density at radius 1 is 1.37 bits per heavy atom. The Labute approximate surface area is 156 Å². The molecule has 1 aromatic carbocycles. The first-order valence-electron chi connectivity index (χ1n) is 8.43. The van der Waals surface area contributed by atoms with Crippen LogP contribution in [0.25, 0.3) is 0 Å². The lowest BCUT2D eigenvalue weighted by Gasteiger charge is -2.16. The number of hydrogen-bond donors (Lipinski definition) is 1. The highest BCUT2D eigenvalue weighted by atomic mass is 32.2. The van der Waals surface area contributed by atoms with Crippen molar-refractivity contribution in [2.45, 2.75) is 24.8 Å². The molecule has 2 aromatic rings. The van der Waals surface area contributed by atoms with Gasteiger partial charge < -0.3 is 14.6 Å². The third-order valence-electron chi connectivity index (χ3n) is 4.43. The van der Waals surface area contributed by atoms with E-state index >= 15 is 0 Å². The van der Waals surface area contributed by atoms with E-state index in [1.54, 1.807) is 12.1 Å². The molecule has 1 saturated heterocycles. The first kappa shape index (κ1) is 19.1. The highest BCUT2D eigenvalue weighted by molar-refractivity contribution is 7.91. The Morgan fingerprint density at radius 2 is 2.15 bits per heavy atom. The minimum Gasteiger partial charge on any atom is -0.467 e. The lowest BCUT2D eigenvalue weighted by molar-refractivity contribution is -0.128. The average Bonchev–Trinajstić information content (AvgIpc) is 3.27. The van der Waals surface area contributed by atoms with Gasteiger partial charge in [0.15, 0.2) is 9.84 Å². The van der Waals surface area contributed by atoms with Gasteiger partial charge in [-0.05, 0) is 30.3 Å². The van der Waals surface area contributed by atoms with E-state index in [4.69, 9.17) is 4.42 Å². The van der Waals surface area contributed by atoms with E-state index < -0.39 is 27.5 Å². The minimum atomic E-state index is -3.72. The van der Waals surface area contributed by atoms with Crippen LogP contribution in [0.3, 0.4) is 0 Å². The molecule has 0 unspecified atom stereocenters. The van der Waals surface area contributed by atoms with Gasteiger partial charge in [-0.1, -0.05) is 6.92 Å². The van der Waals surface area contributed by atoms with Gasteiger partial charge in [0.1, 0.15) is 11.6 Å². The molecule has 0 aliphatic carbocycles. The summed E-state index contributed by atoms with van der Waals surface area (Å²) < 4.78 is 43.0. The van der Waals surface area contributed by atoms with E-state index in [0.717, 1.165) is 12.1 Å². The number of carbonyl (C=O) groups is 2. The lowest BCUT2D eigenvalue weighted by Crippen LogP contribution is -2.28. The van der Waals surface area contributed by atoms with Crippen molar-refractivity contribution in [3.63, 3.8) is 0 Å². The Bertz CT molecular complexity index is 956. The van der Waals surface area contributed by atoms with Crippen molar-refractivity contribution in [2.24, 2.45) is 5.92 Å². The SMILES string of the molecule is CCS(=O)(=O)c1cc(F)ccc1NC(=O)[C@H]1CC(=O)N(Cc2ccco2)C1. The van der Waals surface area contributed by atoms with Crippen molar-refractivity contribution in [1.82, 2.24) is 4.90 Å². The molecule has 1 aliphatic rings. The number of nitrogens with one attached hydrogen (secondary N) is 1. The average molecular weight is 394 g/mol. The minimum absolute atomic E-state index is 0.0141. The normalized spacial score (nSPS) is 17.3. The van der Waals surface area contributed by atoms with Crippen molar-refractivity contribution >= 4 is 27.3 Å². The lowest BCUT2D eigenvalue weighted by atomic mass is 10.1. The first-order chi connectivity index (χ1) is 12.8. The first-order valence-corrected chi connectivity index (χ1v) is 10.1. The molecule has 1 aromatic heterocycles. The Morgan fingerprint density at radius 3 is 2.81 bits per heavy atom. The highest BCUT2D eigenvalue weighted by Crippen LogP contribution is 2.26. The molecular formula is C18H19FN2O5S. The largest absolute Gasteiger partial charge is 0.467 e. The van der Waals surface area contributed by atoms with Gasteiger partial charge in [0.05, 0.1) is 35.1 Å². The summed E-state index contributed by atoms with van der Waals surface area (Å²) >= 11 is 0. The second-order valence-corrected chi connectivity index (χ2v) is 8.53. The van der Waals surface area contributed by atoms with Crippen LogP contribution in [-0.4, -0.2) is 37.4 Å². The third-order valence-corrected chi connectivity index (χ3v) is 6.20. The van der Waals surface area contributed by atoms with Crippen LogP contribution in [0, 0.1) is 11.7 Å². The molecule has 9 heteroatoms. The number of anilines is 1. The summed E-state index contributed by atoms with van der Waals surface area (Å²) in [4.78, 5) is 25.9. The number of furan rings is 1. The maximum atomic E-state index is 13.5. The molecule has 1 atom stereocenters. The van der Waals surface area contributed by atoms with Gasteiger partial charge in [0.2, 0.25) is 11.8 Å². The van der Waals surface area contributed by atoms with Gasteiger partial charge >= 0.3 is 0 Å². The molecule has 0 spiro atoms. The fourth-order valence-corrected chi connectivity index (χ4v) is 4.00. The van der Waals surface area contributed by atoms with Crippen LogP contribution in [-0.2, 0) is 26.0 Å². The van der Waals surface area contributed by atoms with E-state index in [-0.39, 0.29) is 41.8 Å². The van der Waals surface area contributed by atoms with Crippen LogP contribution in [0.2, 0.25) is 0 Å². The van der Waals surface area contributed by atoms with E-state index in [2.05, 4.69) is 5.32 Å². The summed E-state index contributed by atoms with van der Waals surface area (Å²) in [6.07, 6.45) is 1.52. The predicted octanol–water partition coefficient (Wildman–Crippen LogP) is 2.20. The quantitative estimate of drug-likeness (QED) is 0.810. The summed E-state index contributed by atoms with van der Waals surface area (Å²) in [6.45, 7) is 1.90. The number of nitrogens with zero attached hydrogens (tertiary/aromatic N) is 1. The molecule has 3 rings (SSSR count). The predicted molar refractivity (Wildman–Crippen MR) is 95.0 cm³/mol. The van der Waals surface area contributed by atoms with Crippen molar-refractivity contribution in [3.05, 3.63) is 48.2 Å². The van der Waals surface area contributed by atoms with Gasteiger partial charge in [-0.25, -0.2) is 12.8 Å².